The van der Waals surface area contributed by atoms with Gasteiger partial charge in [-0.05, 0) is 36.4 Å². The van der Waals surface area contributed by atoms with E-state index >= 15 is 0 Å². The van der Waals surface area contributed by atoms with Crippen LogP contribution in [0.25, 0.3) is 22.2 Å². The number of fused-ring (bicyclic) bond motifs is 1. The number of halogens is 1. The second-order valence-corrected chi connectivity index (χ2v) is 7.52. The maximum Gasteiger partial charge on any atom is 0.289 e. The molecule has 0 spiro atoms. The van der Waals surface area contributed by atoms with Crippen molar-refractivity contribution in [2.45, 2.75) is 0 Å². The Hall–Kier alpha value is -4.07. The Labute approximate surface area is 182 Å². The van der Waals surface area contributed by atoms with Crippen molar-refractivity contribution in [1.29, 1.82) is 0 Å². The van der Waals surface area contributed by atoms with Crippen molar-refractivity contribution >= 4 is 22.7 Å². The lowest BCUT2D eigenvalue weighted by molar-refractivity contribution is 0.0715. The first-order valence-electron chi connectivity index (χ1n) is 10.2. The van der Waals surface area contributed by atoms with Crippen molar-refractivity contribution in [3.05, 3.63) is 88.8 Å². The van der Waals surface area contributed by atoms with Gasteiger partial charge in [0.15, 0.2) is 11.2 Å². The zero-order chi connectivity index (χ0) is 22.1. The Morgan fingerprint density at radius 3 is 2.47 bits per heavy atom. The molecule has 2 aromatic carbocycles. The highest BCUT2D eigenvalue weighted by Gasteiger charge is 2.25. The number of hydrogen-bond donors (Lipinski definition) is 0. The van der Waals surface area contributed by atoms with Crippen LogP contribution in [0.5, 0.6) is 0 Å². The monoisotopic (exact) mass is 430 g/mol. The molecule has 1 saturated heterocycles. The Bertz CT molecular complexity index is 1350. The maximum absolute atomic E-state index is 13.2. The van der Waals surface area contributed by atoms with Gasteiger partial charge in [0.05, 0.1) is 11.1 Å². The van der Waals surface area contributed by atoms with E-state index in [1.807, 2.05) is 6.07 Å². The molecular weight excluding hydrogens is 411 g/mol. The first kappa shape index (κ1) is 19.9. The molecule has 4 aromatic rings. The Morgan fingerprint density at radius 1 is 0.938 bits per heavy atom. The van der Waals surface area contributed by atoms with E-state index in [4.69, 9.17) is 4.42 Å². The topological polar surface area (TPSA) is 79.5 Å². The number of rotatable bonds is 3. The zero-order valence-corrected chi connectivity index (χ0v) is 17.1. The van der Waals surface area contributed by atoms with E-state index in [1.165, 1.54) is 24.5 Å². The number of carbonyl (C=O) groups excluding carboxylic acids is 1. The molecule has 0 radical (unpaired) electrons. The molecule has 1 aliphatic heterocycles. The number of nitrogens with zero attached hydrogens (tertiary/aromatic N) is 4. The van der Waals surface area contributed by atoms with E-state index in [1.54, 1.807) is 41.3 Å². The van der Waals surface area contributed by atoms with Gasteiger partial charge in [-0.1, -0.05) is 12.1 Å². The number of aromatic nitrogens is 2. The number of piperazine rings is 1. The molecule has 1 amide bonds. The molecule has 32 heavy (non-hydrogen) atoms. The largest absolute Gasteiger partial charge is 0.451 e. The summed E-state index contributed by atoms with van der Waals surface area (Å²) < 4.78 is 18.9. The van der Waals surface area contributed by atoms with Crippen LogP contribution in [-0.4, -0.2) is 47.0 Å². The molecule has 5 rings (SSSR count). The molecule has 2 aromatic heterocycles. The molecule has 0 bridgehead atoms. The first-order chi connectivity index (χ1) is 15.6. The number of hydrogen-bond acceptors (Lipinski definition) is 6. The quantitative estimate of drug-likeness (QED) is 0.496. The van der Waals surface area contributed by atoms with Gasteiger partial charge in [0, 0.05) is 43.9 Å². The average Bonchev–Trinajstić information content (AvgIpc) is 2.84. The van der Waals surface area contributed by atoms with Gasteiger partial charge in [-0.15, -0.1) is 0 Å². The van der Waals surface area contributed by atoms with Crippen LogP contribution in [0.2, 0.25) is 0 Å². The minimum absolute atomic E-state index is 0.0442. The van der Waals surface area contributed by atoms with Crippen LogP contribution in [-0.2, 0) is 0 Å². The molecule has 160 valence electrons. The molecular formula is C24H19FN4O3. The summed E-state index contributed by atoms with van der Waals surface area (Å²) in [6.45, 7) is 2.07. The fourth-order valence-corrected chi connectivity index (χ4v) is 3.80. The summed E-state index contributed by atoms with van der Waals surface area (Å²) in [6, 6.07) is 16.1. The maximum atomic E-state index is 13.2. The van der Waals surface area contributed by atoms with Gasteiger partial charge in [-0.3, -0.25) is 9.59 Å². The number of anilines is 1. The third-order valence-corrected chi connectivity index (χ3v) is 5.53. The Kier molecular flexibility index (Phi) is 5.10. The van der Waals surface area contributed by atoms with Crippen LogP contribution >= 0.6 is 0 Å². The van der Waals surface area contributed by atoms with Crippen molar-refractivity contribution in [3.63, 3.8) is 0 Å². The number of benzene rings is 2. The molecule has 0 saturated carbocycles. The fourth-order valence-electron chi connectivity index (χ4n) is 3.80. The van der Waals surface area contributed by atoms with Gasteiger partial charge in [-0.25, -0.2) is 14.4 Å². The van der Waals surface area contributed by atoms with E-state index in [2.05, 4.69) is 14.9 Å². The van der Waals surface area contributed by atoms with E-state index in [9.17, 15) is 14.0 Å². The Morgan fingerprint density at radius 2 is 1.69 bits per heavy atom. The molecule has 0 N–H and O–H groups in total. The fraction of sp³-hybridized carbons (Fsp3) is 0.167. The highest BCUT2D eigenvalue weighted by Crippen LogP contribution is 2.22. The van der Waals surface area contributed by atoms with Crippen LogP contribution in [0.4, 0.5) is 10.2 Å². The molecule has 8 heteroatoms. The lowest BCUT2D eigenvalue weighted by Crippen LogP contribution is -2.49. The van der Waals surface area contributed by atoms with E-state index < -0.39 is 0 Å². The van der Waals surface area contributed by atoms with E-state index in [0.29, 0.717) is 42.8 Å². The minimum atomic E-state index is -0.304. The van der Waals surface area contributed by atoms with Gasteiger partial charge in [0.2, 0.25) is 0 Å². The third-order valence-electron chi connectivity index (χ3n) is 5.53. The Balaban J connectivity index is 1.30. The smallest absolute Gasteiger partial charge is 0.289 e. The normalized spacial score (nSPS) is 14.0. The van der Waals surface area contributed by atoms with Crippen molar-refractivity contribution in [2.24, 2.45) is 0 Å². The van der Waals surface area contributed by atoms with Crippen LogP contribution in [0.1, 0.15) is 10.6 Å². The lowest BCUT2D eigenvalue weighted by atomic mass is 10.1. The number of carbonyl (C=O) groups is 1. The van der Waals surface area contributed by atoms with Crippen molar-refractivity contribution in [2.75, 3.05) is 31.1 Å². The first-order valence-corrected chi connectivity index (χ1v) is 10.2. The SMILES string of the molecule is O=C(c1cc(=O)c2ccccc2o1)N1CCN(c2cc(-c3ccc(F)cc3)ncn2)CC1. The van der Waals surface area contributed by atoms with Crippen LogP contribution in [0.15, 0.2) is 76.2 Å². The molecule has 1 fully saturated rings. The lowest BCUT2D eigenvalue weighted by Gasteiger charge is -2.35. The van der Waals surface area contributed by atoms with Crippen molar-refractivity contribution in [1.82, 2.24) is 14.9 Å². The summed E-state index contributed by atoms with van der Waals surface area (Å²) in [5.74, 6) is 0.180. The molecule has 0 atom stereocenters. The molecule has 0 aliphatic carbocycles. The van der Waals surface area contributed by atoms with E-state index in [-0.39, 0.29) is 22.9 Å². The van der Waals surface area contributed by atoms with Crippen molar-refractivity contribution < 1.29 is 13.6 Å². The number of para-hydroxylation sites is 1. The predicted molar refractivity (Wildman–Crippen MR) is 118 cm³/mol. The van der Waals surface area contributed by atoms with E-state index in [0.717, 1.165) is 11.4 Å². The summed E-state index contributed by atoms with van der Waals surface area (Å²) in [5.41, 5.74) is 1.67. The second kappa shape index (κ2) is 8.22. The van der Waals surface area contributed by atoms with Crippen LogP contribution in [0, 0.1) is 5.82 Å². The molecule has 3 heterocycles. The summed E-state index contributed by atoms with van der Waals surface area (Å²) in [7, 11) is 0. The third kappa shape index (κ3) is 3.82. The summed E-state index contributed by atoms with van der Waals surface area (Å²) >= 11 is 0. The van der Waals surface area contributed by atoms with Gasteiger partial charge in [0.1, 0.15) is 23.5 Å². The predicted octanol–water partition coefficient (Wildman–Crippen LogP) is 3.35. The standard InChI is InChI=1S/C24H19FN4O3/c25-17-7-5-16(6-8-17)19-13-23(27-15-26-19)28-9-11-29(12-10-28)24(31)22-14-20(30)18-3-1-2-4-21(18)32-22/h1-8,13-15H,9-12H2. The second-order valence-electron chi connectivity index (χ2n) is 7.52. The molecule has 7 nitrogen and oxygen atoms in total. The summed E-state index contributed by atoms with van der Waals surface area (Å²) in [5, 5.41) is 0.453. The van der Waals surface area contributed by atoms with Crippen molar-refractivity contribution in [3.8, 4) is 11.3 Å². The zero-order valence-electron chi connectivity index (χ0n) is 17.1. The highest BCUT2D eigenvalue weighted by molar-refractivity contribution is 5.93. The van der Waals surface area contributed by atoms with Gasteiger partial charge in [0.25, 0.3) is 5.91 Å². The summed E-state index contributed by atoms with van der Waals surface area (Å²) in [4.78, 5) is 37.6. The van der Waals surface area contributed by atoms with Gasteiger partial charge in [-0.2, -0.15) is 0 Å². The van der Waals surface area contributed by atoms with Crippen LogP contribution < -0.4 is 10.3 Å². The molecule has 1 aliphatic rings. The summed E-state index contributed by atoms with van der Waals surface area (Å²) in [6.07, 6.45) is 1.48. The average molecular weight is 430 g/mol. The van der Waals surface area contributed by atoms with Crippen LogP contribution in [0.3, 0.4) is 0 Å². The molecule has 0 unspecified atom stereocenters. The number of amides is 1. The highest BCUT2D eigenvalue weighted by atomic mass is 19.1. The minimum Gasteiger partial charge on any atom is -0.451 e. The van der Waals surface area contributed by atoms with Gasteiger partial charge >= 0.3 is 0 Å². The van der Waals surface area contributed by atoms with Gasteiger partial charge < -0.3 is 14.2 Å².